The van der Waals surface area contributed by atoms with Gasteiger partial charge in [0.25, 0.3) is 0 Å². The SMILES string of the molecule is c1ccc2c(c1)N[C@]13CCCC[C@]21OCO3. The van der Waals surface area contributed by atoms with Crippen LogP contribution in [0.5, 0.6) is 0 Å². The molecule has 0 amide bonds. The predicted octanol–water partition coefficient (Wildman–Crippen LogP) is 2.58. The molecule has 1 aromatic rings. The van der Waals surface area contributed by atoms with Crippen molar-refractivity contribution in [2.24, 2.45) is 0 Å². The Hall–Kier alpha value is -1.06. The van der Waals surface area contributed by atoms with Gasteiger partial charge in [0, 0.05) is 11.3 Å². The van der Waals surface area contributed by atoms with Crippen LogP contribution in [0.15, 0.2) is 24.3 Å². The van der Waals surface area contributed by atoms with Crippen LogP contribution in [0, 0.1) is 0 Å². The molecule has 3 aliphatic rings. The Labute approximate surface area is 94.7 Å². The average Bonchev–Trinajstić information content (AvgIpc) is 2.80. The standard InChI is InChI=1S/C13H15NO2/c1-2-6-11-10(5-1)12-7-3-4-8-13(12,14-11)16-9-15-12/h1-2,5-6,14H,3-4,7-9H2/t12-,13-/m0/s1. The number of hydrogen-bond acceptors (Lipinski definition) is 3. The molecule has 2 aliphatic heterocycles. The second-order valence-electron chi connectivity index (χ2n) is 4.94. The number of para-hydroxylation sites is 1. The molecule has 2 atom stereocenters. The fourth-order valence-corrected chi connectivity index (χ4v) is 3.55. The van der Waals surface area contributed by atoms with E-state index in [-0.39, 0.29) is 11.3 Å². The van der Waals surface area contributed by atoms with Crippen LogP contribution >= 0.6 is 0 Å². The molecule has 0 spiro atoms. The number of benzene rings is 1. The predicted molar refractivity (Wildman–Crippen MR) is 60.0 cm³/mol. The Morgan fingerprint density at radius 1 is 1.06 bits per heavy atom. The summed E-state index contributed by atoms with van der Waals surface area (Å²) in [6, 6.07) is 8.44. The molecule has 0 aromatic heterocycles. The molecule has 3 nitrogen and oxygen atoms in total. The van der Waals surface area contributed by atoms with Crippen molar-refractivity contribution in [2.45, 2.75) is 37.0 Å². The van der Waals surface area contributed by atoms with Crippen LogP contribution in [0.4, 0.5) is 5.69 Å². The summed E-state index contributed by atoms with van der Waals surface area (Å²) < 4.78 is 11.9. The summed E-state index contributed by atoms with van der Waals surface area (Å²) in [6.45, 7) is 0.418. The molecule has 2 fully saturated rings. The molecule has 3 heteroatoms. The minimum absolute atomic E-state index is 0.220. The number of nitrogens with one attached hydrogen (secondary N) is 1. The fraction of sp³-hybridized carbons (Fsp3) is 0.538. The smallest absolute Gasteiger partial charge is 0.175 e. The van der Waals surface area contributed by atoms with Crippen molar-refractivity contribution < 1.29 is 9.47 Å². The third kappa shape index (κ3) is 0.837. The number of anilines is 1. The van der Waals surface area contributed by atoms with Gasteiger partial charge in [-0.1, -0.05) is 18.2 Å². The number of ether oxygens (including phenoxy) is 2. The highest BCUT2D eigenvalue weighted by Gasteiger charge is 2.64. The van der Waals surface area contributed by atoms with Crippen LogP contribution in [-0.4, -0.2) is 12.5 Å². The number of hydrogen-bond donors (Lipinski definition) is 1. The Morgan fingerprint density at radius 2 is 1.94 bits per heavy atom. The molecular weight excluding hydrogens is 202 g/mol. The van der Waals surface area contributed by atoms with Crippen LogP contribution in [0.2, 0.25) is 0 Å². The Morgan fingerprint density at radius 3 is 2.94 bits per heavy atom. The van der Waals surface area contributed by atoms with Crippen molar-refractivity contribution in [3.63, 3.8) is 0 Å². The molecule has 1 saturated carbocycles. The van der Waals surface area contributed by atoms with Gasteiger partial charge in [-0.3, -0.25) is 0 Å². The highest BCUT2D eigenvalue weighted by Crippen LogP contribution is 2.58. The van der Waals surface area contributed by atoms with E-state index < -0.39 is 0 Å². The van der Waals surface area contributed by atoms with Gasteiger partial charge in [-0.05, 0) is 31.7 Å². The van der Waals surface area contributed by atoms with Crippen molar-refractivity contribution in [1.29, 1.82) is 0 Å². The number of rotatable bonds is 0. The van der Waals surface area contributed by atoms with Crippen molar-refractivity contribution >= 4 is 5.69 Å². The molecular formula is C13H15NO2. The lowest BCUT2D eigenvalue weighted by atomic mass is 9.75. The second kappa shape index (κ2) is 2.79. The lowest BCUT2D eigenvalue weighted by molar-refractivity contribution is -0.0580. The van der Waals surface area contributed by atoms with Crippen LogP contribution in [0.1, 0.15) is 31.2 Å². The van der Waals surface area contributed by atoms with E-state index in [2.05, 4.69) is 29.6 Å². The van der Waals surface area contributed by atoms with Crippen molar-refractivity contribution in [3.8, 4) is 0 Å². The van der Waals surface area contributed by atoms with Crippen LogP contribution in [0.25, 0.3) is 0 Å². The molecule has 0 unspecified atom stereocenters. The van der Waals surface area contributed by atoms with E-state index in [1.807, 2.05) is 0 Å². The lowest BCUT2D eigenvalue weighted by Crippen LogP contribution is -2.52. The van der Waals surface area contributed by atoms with E-state index in [1.165, 1.54) is 24.1 Å². The largest absolute Gasteiger partial charge is 0.355 e. The second-order valence-corrected chi connectivity index (χ2v) is 4.94. The molecule has 1 aliphatic carbocycles. The molecule has 0 radical (unpaired) electrons. The lowest BCUT2D eigenvalue weighted by Gasteiger charge is -2.41. The van der Waals surface area contributed by atoms with Gasteiger partial charge in [-0.2, -0.15) is 0 Å². The molecule has 4 rings (SSSR count). The van der Waals surface area contributed by atoms with Gasteiger partial charge in [0.1, 0.15) is 5.60 Å². The molecule has 0 bridgehead atoms. The molecule has 1 N–H and O–H groups in total. The zero-order valence-electron chi connectivity index (χ0n) is 9.16. The van der Waals surface area contributed by atoms with E-state index in [9.17, 15) is 0 Å². The Kier molecular flexibility index (Phi) is 1.57. The maximum atomic E-state index is 6.00. The normalized spacial score (nSPS) is 39.8. The van der Waals surface area contributed by atoms with Gasteiger partial charge >= 0.3 is 0 Å². The first-order valence-corrected chi connectivity index (χ1v) is 6.02. The van der Waals surface area contributed by atoms with Crippen LogP contribution in [0.3, 0.4) is 0 Å². The van der Waals surface area contributed by atoms with Gasteiger partial charge in [0.15, 0.2) is 12.5 Å². The molecule has 16 heavy (non-hydrogen) atoms. The average molecular weight is 217 g/mol. The molecule has 1 aromatic carbocycles. The Bertz CT molecular complexity index is 447. The summed E-state index contributed by atoms with van der Waals surface area (Å²) in [6.07, 6.45) is 4.55. The van der Waals surface area contributed by atoms with Crippen LogP contribution in [-0.2, 0) is 15.1 Å². The third-order valence-corrected chi connectivity index (χ3v) is 4.27. The highest BCUT2D eigenvalue weighted by atomic mass is 16.7. The first-order chi connectivity index (χ1) is 7.86. The van der Waals surface area contributed by atoms with E-state index in [4.69, 9.17) is 9.47 Å². The summed E-state index contributed by atoms with van der Waals surface area (Å²) in [5.74, 6) is 0. The fourth-order valence-electron chi connectivity index (χ4n) is 3.55. The zero-order valence-corrected chi connectivity index (χ0v) is 9.16. The third-order valence-electron chi connectivity index (χ3n) is 4.27. The first-order valence-electron chi connectivity index (χ1n) is 6.02. The number of fused-ring (bicyclic) bond motifs is 1. The minimum atomic E-state index is -0.283. The molecule has 1 saturated heterocycles. The topological polar surface area (TPSA) is 30.5 Å². The van der Waals surface area contributed by atoms with Gasteiger partial charge < -0.3 is 14.8 Å². The maximum absolute atomic E-state index is 6.00. The van der Waals surface area contributed by atoms with E-state index in [0.717, 1.165) is 12.8 Å². The van der Waals surface area contributed by atoms with Gasteiger partial charge in [-0.15, -0.1) is 0 Å². The van der Waals surface area contributed by atoms with Crippen molar-refractivity contribution in [2.75, 3.05) is 12.1 Å². The molecule has 84 valence electrons. The minimum Gasteiger partial charge on any atom is -0.355 e. The summed E-state index contributed by atoms with van der Waals surface area (Å²) in [5, 5.41) is 3.56. The Balaban J connectivity index is 1.95. The quantitative estimate of drug-likeness (QED) is 0.724. The highest BCUT2D eigenvalue weighted by molar-refractivity contribution is 5.63. The van der Waals surface area contributed by atoms with Gasteiger partial charge in [0.05, 0.1) is 0 Å². The van der Waals surface area contributed by atoms with E-state index >= 15 is 0 Å². The van der Waals surface area contributed by atoms with E-state index in [0.29, 0.717) is 6.79 Å². The summed E-state index contributed by atoms with van der Waals surface area (Å²) >= 11 is 0. The van der Waals surface area contributed by atoms with Gasteiger partial charge in [-0.25, -0.2) is 0 Å². The summed E-state index contributed by atoms with van der Waals surface area (Å²) in [4.78, 5) is 0. The maximum Gasteiger partial charge on any atom is 0.175 e. The van der Waals surface area contributed by atoms with E-state index in [1.54, 1.807) is 0 Å². The molecule has 2 heterocycles. The summed E-state index contributed by atoms with van der Waals surface area (Å²) in [5.41, 5.74) is 1.97. The van der Waals surface area contributed by atoms with Crippen molar-refractivity contribution in [1.82, 2.24) is 0 Å². The van der Waals surface area contributed by atoms with Crippen LogP contribution < -0.4 is 5.32 Å². The zero-order chi connectivity index (χ0) is 10.6. The van der Waals surface area contributed by atoms with Gasteiger partial charge in [0.2, 0.25) is 0 Å². The monoisotopic (exact) mass is 217 g/mol. The summed E-state index contributed by atoms with van der Waals surface area (Å²) in [7, 11) is 0. The first kappa shape index (κ1) is 9.02. The van der Waals surface area contributed by atoms with Crippen molar-refractivity contribution in [3.05, 3.63) is 29.8 Å².